The maximum atomic E-state index is 8.48. The normalized spacial score (nSPS) is 8.57. The SMILES string of the molecule is Cc1cc(NC#N)c(C)cc1NC#N. The summed E-state index contributed by atoms with van der Waals surface area (Å²) in [4.78, 5) is 0. The molecule has 0 bridgehead atoms. The van der Waals surface area contributed by atoms with Crippen LogP contribution < -0.4 is 10.6 Å². The van der Waals surface area contributed by atoms with Crippen LogP contribution in [-0.4, -0.2) is 0 Å². The molecule has 0 saturated heterocycles. The largest absolute Gasteiger partial charge is 0.293 e. The molecule has 1 rings (SSSR count). The molecule has 4 heteroatoms. The molecule has 0 aliphatic rings. The lowest BCUT2D eigenvalue weighted by atomic mass is 10.1. The Morgan fingerprint density at radius 1 is 0.929 bits per heavy atom. The van der Waals surface area contributed by atoms with Gasteiger partial charge in [0.1, 0.15) is 0 Å². The third-order valence-electron chi connectivity index (χ3n) is 1.95. The topological polar surface area (TPSA) is 71.6 Å². The third kappa shape index (κ3) is 1.94. The molecule has 0 unspecified atom stereocenters. The third-order valence-corrected chi connectivity index (χ3v) is 1.95. The van der Waals surface area contributed by atoms with Crippen LogP contribution in [0.15, 0.2) is 12.1 Å². The predicted molar refractivity (Wildman–Crippen MR) is 54.4 cm³/mol. The summed E-state index contributed by atoms with van der Waals surface area (Å²) in [6.07, 6.45) is 3.74. The molecule has 0 aliphatic carbocycles. The summed E-state index contributed by atoms with van der Waals surface area (Å²) >= 11 is 0. The van der Waals surface area contributed by atoms with Gasteiger partial charge in [-0.25, -0.2) is 0 Å². The Morgan fingerprint density at radius 2 is 1.29 bits per heavy atom. The van der Waals surface area contributed by atoms with Crippen molar-refractivity contribution in [2.45, 2.75) is 13.8 Å². The standard InChI is InChI=1S/C10H10N4/c1-7-3-10(14-6-12)8(2)4-9(7)13-5-11/h3-4,13-14H,1-2H3. The minimum atomic E-state index is 0.772. The van der Waals surface area contributed by atoms with Gasteiger partial charge in [0.25, 0.3) is 0 Å². The van der Waals surface area contributed by atoms with E-state index in [1.807, 2.05) is 38.4 Å². The molecule has 0 atom stereocenters. The fraction of sp³-hybridized carbons (Fsp3) is 0.200. The van der Waals surface area contributed by atoms with Gasteiger partial charge in [-0.3, -0.25) is 10.6 Å². The second kappa shape index (κ2) is 4.15. The molecule has 0 spiro atoms. The van der Waals surface area contributed by atoms with E-state index < -0.39 is 0 Å². The van der Waals surface area contributed by atoms with Gasteiger partial charge in [-0.15, -0.1) is 0 Å². The van der Waals surface area contributed by atoms with E-state index in [-0.39, 0.29) is 0 Å². The molecule has 0 radical (unpaired) electrons. The van der Waals surface area contributed by atoms with Crippen molar-refractivity contribution in [3.8, 4) is 12.4 Å². The van der Waals surface area contributed by atoms with Crippen molar-refractivity contribution in [2.24, 2.45) is 0 Å². The highest BCUT2D eigenvalue weighted by atomic mass is 14.9. The molecule has 4 nitrogen and oxygen atoms in total. The van der Waals surface area contributed by atoms with E-state index in [2.05, 4.69) is 10.6 Å². The van der Waals surface area contributed by atoms with Crippen LogP contribution in [0.3, 0.4) is 0 Å². The van der Waals surface area contributed by atoms with Crippen molar-refractivity contribution in [1.82, 2.24) is 0 Å². The fourth-order valence-corrected chi connectivity index (χ4v) is 1.21. The first-order chi connectivity index (χ1) is 6.69. The molecule has 0 fully saturated rings. The molecule has 0 saturated carbocycles. The first kappa shape index (κ1) is 9.88. The van der Waals surface area contributed by atoms with Gasteiger partial charge in [0.05, 0.1) is 11.4 Å². The van der Waals surface area contributed by atoms with Crippen LogP contribution in [0.25, 0.3) is 0 Å². The Balaban J connectivity index is 3.13. The number of nitrogens with zero attached hydrogens (tertiary/aromatic N) is 2. The molecule has 2 N–H and O–H groups in total. The van der Waals surface area contributed by atoms with E-state index in [1.54, 1.807) is 0 Å². The van der Waals surface area contributed by atoms with Crippen LogP contribution in [0, 0.1) is 36.8 Å². The zero-order valence-corrected chi connectivity index (χ0v) is 8.05. The molecular formula is C10H10N4. The van der Waals surface area contributed by atoms with E-state index in [9.17, 15) is 0 Å². The summed E-state index contributed by atoms with van der Waals surface area (Å²) in [6, 6.07) is 3.66. The molecule has 1 aromatic rings. The lowest BCUT2D eigenvalue weighted by molar-refractivity contribution is 1.35. The number of anilines is 2. The van der Waals surface area contributed by atoms with Gasteiger partial charge < -0.3 is 0 Å². The monoisotopic (exact) mass is 186 g/mol. The van der Waals surface area contributed by atoms with Crippen molar-refractivity contribution in [1.29, 1.82) is 10.5 Å². The summed E-state index contributed by atoms with van der Waals surface area (Å²) in [5, 5.41) is 22.1. The highest BCUT2D eigenvalue weighted by Crippen LogP contribution is 2.23. The zero-order valence-electron chi connectivity index (χ0n) is 8.05. The van der Waals surface area contributed by atoms with Crippen LogP contribution >= 0.6 is 0 Å². The number of benzene rings is 1. The Kier molecular flexibility index (Phi) is 2.93. The Bertz CT molecular complexity index is 381. The quantitative estimate of drug-likeness (QED) is 0.548. The minimum Gasteiger partial charge on any atom is -0.293 e. The minimum absolute atomic E-state index is 0.772. The summed E-state index contributed by atoms with van der Waals surface area (Å²) < 4.78 is 0. The summed E-state index contributed by atoms with van der Waals surface area (Å²) in [5.41, 5.74) is 3.40. The first-order valence-corrected chi connectivity index (χ1v) is 4.10. The molecule has 0 heterocycles. The van der Waals surface area contributed by atoms with Gasteiger partial charge in [-0.2, -0.15) is 10.5 Å². The fourth-order valence-electron chi connectivity index (χ4n) is 1.21. The summed E-state index contributed by atoms with van der Waals surface area (Å²) in [6.45, 7) is 3.75. The summed E-state index contributed by atoms with van der Waals surface area (Å²) in [7, 11) is 0. The molecule has 0 aliphatic heterocycles. The van der Waals surface area contributed by atoms with Gasteiger partial charge in [0, 0.05) is 0 Å². The van der Waals surface area contributed by atoms with Crippen LogP contribution in [0.1, 0.15) is 11.1 Å². The number of hydrogen-bond acceptors (Lipinski definition) is 4. The number of aryl methyl sites for hydroxylation is 2. The van der Waals surface area contributed by atoms with Gasteiger partial charge in [-0.1, -0.05) is 0 Å². The van der Waals surface area contributed by atoms with Crippen molar-refractivity contribution in [2.75, 3.05) is 10.6 Å². The Hall–Kier alpha value is -2.20. The lowest BCUT2D eigenvalue weighted by Gasteiger charge is -2.08. The number of nitriles is 2. The zero-order chi connectivity index (χ0) is 10.6. The number of nitrogens with one attached hydrogen (secondary N) is 2. The smallest absolute Gasteiger partial charge is 0.181 e. The lowest BCUT2D eigenvalue weighted by Crippen LogP contribution is -1.96. The molecule has 14 heavy (non-hydrogen) atoms. The van der Waals surface area contributed by atoms with Gasteiger partial charge in [0.15, 0.2) is 12.4 Å². The molecule has 0 aromatic heterocycles. The molecule has 70 valence electrons. The first-order valence-electron chi connectivity index (χ1n) is 4.10. The van der Waals surface area contributed by atoms with Gasteiger partial charge in [0.2, 0.25) is 0 Å². The van der Waals surface area contributed by atoms with E-state index in [4.69, 9.17) is 10.5 Å². The molecular weight excluding hydrogens is 176 g/mol. The van der Waals surface area contributed by atoms with Crippen molar-refractivity contribution in [3.63, 3.8) is 0 Å². The van der Waals surface area contributed by atoms with E-state index >= 15 is 0 Å². The Morgan fingerprint density at radius 3 is 1.57 bits per heavy atom. The van der Waals surface area contributed by atoms with Crippen molar-refractivity contribution >= 4 is 11.4 Å². The maximum absolute atomic E-state index is 8.48. The highest BCUT2D eigenvalue weighted by Gasteiger charge is 2.03. The second-order valence-corrected chi connectivity index (χ2v) is 2.96. The highest BCUT2D eigenvalue weighted by molar-refractivity contribution is 5.65. The van der Waals surface area contributed by atoms with Crippen molar-refractivity contribution in [3.05, 3.63) is 23.3 Å². The van der Waals surface area contributed by atoms with E-state index in [1.165, 1.54) is 0 Å². The number of rotatable bonds is 2. The van der Waals surface area contributed by atoms with Crippen LogP contribution in [-0.2, 0) is 0 Å². The van der Waals surface area contributed by atoms with Gasteiger partial charge >= 0.3 is 0 Å². The van der Waals surface area contributed by atoms with Gasteiger partial charge in [-0.05, 0) is 37.1 Å². The maximum Gasteiger partial charge on any atom is 0.181 e. The predicted octanol–water partition coefficient (Wildman–Crippen LogP) is 2.09. The second-order valence-electron chi connectivity index (χ2n) is 2.96. The molecule has 1 aromatic carbocycles. The molecule has 0 amide bonds. The van der Waals surface area contributed by atoms with Crippen LogP contribution in [0.4, 0.5) is 11.4 Å². The average molecular weight is 186 g/mol. The van der Waals surface area contributed by atoms with Crippen LogP contribution in [0.2, 0.25) is 0 Å². The summed E-state index contributed by atoms with van der Waals surface area (Å²) in [5.74, 6) is 0. The number of hydrogen-bond donors (Lipinski definition) is 2. The van der Waals surface area contributed by atoms with E-state index in [0.29, 0.717) is 0 Å². The Labute approximate surface area is 82.8 Å². The van der Waals surface area contributed by atoms with Crippen LogP contribution in [0.5, 0.6) is 0 Å². The van der Waals surface area contributed by atoms with E-state index in [0.717, 1.165) is 22.5 Å². The van der Waals surface area contributed by atoms with Crippen molar-refractivity contribution < 1.29 is 0 Å². The average Bonchev–Trinajstić information content (AvgIpc) is 2.14.